The Morgan fingerprint density at radius 3 is 1.72 bits per heavy atom. The lowest BCUT2D eigenvalue weighted by Gasteiger charge is -2.26. The summed E-state index contributed by atoms with van der Waals surface area (Å²) in [7, 11) is 0. The number of nitrogens with zero attached hydrogens (tertiary/aromatic N) is 8. The third-order valence-corrected chi connectivity index (χ3v) is 12.2. The Kier molecular flexibility index (Phi) is 7.24. The molecule has 9 nitrogen and oxygen atoms in total. The molecular weight excluding hydrogens is 765 g/mol. The first kappa shape index (κ1) is 32.3. The first-order valence-electron chi connectivity index (χ1n) is 18.2. The summed E-state index contributed by atoms with van der Waals surface area (Å²) < 4.78 is 35.2. The van der Waals surface area contributed by atoms with Gasteiger partial charge in [0.1, 0.15) is 38.6 Å². The van der Waals surface area contributed by atoms with Gasteiger partial charge in [-0.3, -0.25) is 0 Å². The SMILES string of the molecule is c1ccc2c(-c3ccc(N(c4cccc5nsnc45)c4ccc(-c5ccc(-c6nc7ccccc7o6)cc5)c5nsnc45)c4nsnc34)c3ccccc3cc2c1. The average Bonchev–Trinajstić information content (AvgIpc) is 4.10. The molecule has 12 rings (SSSR count). The van der Waals surface area contributed by atoms with Crippen molar-refractivity contribution in [1.82, 2.24) is 31.2 Å². The standard InChI is InChI=1S/C45H24N8OS3/c1-3-10-29-27(8-1)24-28-9-2-4-11-30(28)39(29)32-21-23-37(44-41(32)49-57-52-44)53(35-14-7-13-34-42(35)50-55-47-34)36-22-20-31(40-43(36)51-56-48-40)25-16-18-26(19-17-25)45-46-33-12-5-6-15-38(33)54-45/h1-24H. The van der Waals surface area contributed by atoms with E-state index in [1.165, 1.54) is 56.7 Å². The van der Waals surface area contributed by atoms with Gasteiger partial charge in [0.15, 0.2) is 5.58 Å². The molecule has 0 saturated carbocycles. The van der Waals surface area contributed by atoms with E-state index in [1.54, 1.807) is 0 Å². The van der Waals surface area contributed by atoms with Crippen LogP contribution >= 0.6 is 35.2 Å². The van der Waals surface area contributed by atoms with Crippen LogP contribution in [0.1, 0.15) is 0 Å². The van der Waals surface area contributed by atoms with E-state index in [0.717, 1.165) is 89.1 Å². The topological polar surface area (TPSA) is 107 Å². The van der Waals surface area contributed by atoms with Gasteiger partial charge in [-0.15, -0.1) is 0 Å². The molecule has 8 aromatic carbocycles. The molecule has 0 aliphatic rings. The summed E-state index contributed by atoms with van der Waals surface area (Å²) >= 11 is 3.61. The summed E-state index contributed by atoms with van der Waals surface area (Å²) in [6.07, 6.45) is 0. The van der Waals surface area contributed by atoms with Crippen LogP contribution in [0.4, 0.5) is 17.1 Å². The largest absolute Gasteiger partial charge is 0.436 e. The number of benzene rings is 8. The molecule has 0 saturated heterocycles. The fourth-order valence-electron chi connectivity index (χ4n) is 7.96. The van der Waals surface area contributed by atoms with Gasteiger partial charge in [-0.2, -0.15) is 26.2 Å². The van der Waals surface area contributed by atoms with Gasteiger partial charge in [0.25, 0.3) is 0 Å². The maximum Gasteiger partial charge on any atom is 0.227 e. The van der Waals surface area contributed by atoms with Crippen LogP contribution in [-0.4, -0.2) is 31.2 Å². The van der Waals surface area contributed by atoms with Gasteiger partial charge in [0, 0.05) is 16.7 Å². The van der Waals surface area contributed by atoms with E-state index in [4.69, 9.17) is 26.3 Å². The summed E-state index contributed by atoms with van der Waals surface area (Å²) in [6, 6.07) is 50.0. The highest BCUT2D eigenvalue weighted by molar-refractivity contribution is 7.00. The molecule has 0 amide bonds. The molecule has 0 aliphatic heterocycles. The fourth-order valence-corrected chi connectivity index (χ4v) is 9.64. The fraction of sp³-hybridized carbons (Fsp3) is 0. The van der Waals surface area contributed by atoms with Gasteiger partial charge in [-0.25, -0.2) is 4.98 Å². The van der Waals surface area contributed by atoms with E-state index in [1.807, 2.05) is 48.5 Å². The molecule has 0 unspecified atom stereocenters. The molecular formula is C45H24N8OS3. The van der Waals surface area contributed by atoms with E-state index in [9.17, 15) is 0 Å². The van der Waals surface area contributed by atoms with Crippen molar-refractivity contribution >= 4 is 118 Å². The number of hydrogen-bond acceptors (Lipinski definition) is 12. The first-order valence-corrected chi connectivity index (χ1v) is 20.4. The Balaban J connectivity index is 1.04. The smallest absolute Gasteiger partial charge is 0.227 e. The Morgan fingerprint density at radius 2 is 0.982 bits per heavy atom. The summed E-state index contributed by atoms with van der Waals surface area (Å²) in [6.45, 7) is 0. The van der Waals surface area contributed by atoms with Crippen molar-refractivity contribution in [2.24, 2.45) is 0 Å². The summed E-state index contributed by atoms with van der Waals surface area (Å²) in [5.74, 6) is 0.586. The second-order valence-corrected chi connectivity index (χ2v) is 15.3. The normalized spacial score (nSPS) is 11.9. The monoisotopic (exact) mass is 788 g/mol. The van der Waals surface area contributed by atoms with E-state index in [2.05, 4.69) is 111 Å². The molecule has 268 valence electrons. The second kappa shape index (κ2) is 12.8. The zero-order valence-electron chi connectivity index (χ0n) is 29.6. The number of rotatable bonds is 6. The highest BCUT2D eigenvalue weighted by Gasteiger charge is 2.27. The van der Waals surface area contributed by atoms with Crippen LogP contribution in [0, 0.1) is 0 Å². The van der Waals surface area contributed by atoms with Crippen molar-refractivity contribution in [1.29, 1.82) is 0 Å². The minimum absolute atomic E-state index is 0.586. The number of oxazole rings is 1. The predicted molar refractivity (Wildman–Crippen MR) is 233 cm³/mol. The number of aromatic nitrogens is 7. The Hall–Kier alpha value is -6.99. The molecule has 0 radical (unpaired) electrons. The Labute approximate surface area is 336 Å². The molecule has 0 bridgehead atoms. The van der Waals surface area contributed by atoms with Gasteiger partial charge in [0.05, 0.1) is 52.2 Å². The molecule has 12 heteroatoms. The number of para-hydroxylation sites is 2. The van der Waals surface area contributed by atoms with Crippen LogP contribution in [0.2, 0.25) is 0 Å². The zero-order chi connectivity index (χ0) is 37.5. The lowest BCUT2D eigenvalue weighted by Crippen LogP contribution is -2.12. The van der Waals surface area contributed by atoms with Crippen molar-refractivity contribution < 1.29 is 4.42 Å². The second-order valence-electron chi connectivity index (χ2n) is 13.7. The predicted octanol–water partition coefficient (Wildman–Crippen LogP) is 12.6. The maximum absolute atomic E-state index is 6.05. The molecule has 4 heterocycles. The quantitative estimate of drug-likeness (QED) is 0.152. The molecule has 0 atom stereocenters. The number of fused-ring (bicyclic) bond motifs is 6. The molecule has 57 heavy (non-hydrogen) atoms. The molecule has 0 spiro atoms. The van der Waals surface area contributed by atoms with Crippen LogP contribution in [0.25, 0.3) is 99.5 Å². The third kappa shape index (κ3) is 5.08. The Morgan fingerprint density at radius 1 is 0.421 bits per heavy atom. The van der Waals surface area contributed by atoms with Crippen LogP contribution in [0.5, 0.6) is 0 Å². The maximum atomic E-state index is 6.05. The van der Waals surface area contributed by atoms with E-state index in [0.29, 0.717) is 5.89 Å². The highest BCUT2D eigenvalue weighted by Crippen LogP contribution is 2.48. The van der Waals surface area contributed by atoms with E-state index >= 15 is 0 Å². The summed E-state index contributed by atoms with van der Waals surface area (Å²) in [4.78, 5) is 6.89. The van der Waals surface area contributed by atoms with Crippen molar-refractivity contribution in [3.63, 3.8) is 0 Å². The van der Waals surface area contributed by atoms with Crippen molar-refractivity contribution in [2.45, 2.75) is 0 Å². The lowest BCUT2D eigenvalue weighted by atomic mass is 9.91. The minimum Gasteiger partial charge on any atom is -0.436 e. The molecule has 12 aromatic rings. The van der Waals surface area contributed by atoms with E-state index in [-0.39, 0.29) is 0 Å². The molecule has 4 aromatic heterocycles. The minimum atomic E-state index is 0.586. The van der Waals surface area contributed by atoms with Crippen LogP contribution < -0.4 is 4.90 Å². The van der Waals surface area contributed by atoms with Crippen LogP contribution in [0.15, 0.2) is 150 Å². The average molecular weight is 789 g/mol. The van der Waals surface area contributed by atoms with Crippen molar-refractivity contribution in [2.75, 3.05) is 4.90 Å². The van der Waals surface area contributed by atoms with Gasteiger partial charge < -0.3 is 9.32 Å². The third-order valence-electron chi connectivity index (χ3n) is 10.6. The summed E-state index contributed by atoms with van der Waals surface area (Å²) in [5.41, 5.74) is 14.0. The van der Waals surface area contributed by atoms with Crippen molar-refractivity contribution in [3.8, 4) is 33.7 Å². The molecule has 0 fully saturated rings. The van der Waals surface area contributed by atoms with E-state index < -0.39 is 0 Å². The summed E-state index contributed by atoms with van der Waals surface area (Å²) in [5, 5.41) is 4.69. The number of anilines is 3. The van der Waals surface area contributed by atoms with Gasteiger partial charge in [0.2, 0.25) is 5.89 Å². The Bertz CT molecular complexity index is 3430. The van der Waals surface area contributed by atoms with Crippen molar-refractivity contribution in [3.05, 3.63) is 146 Å². The van der Waals surface area contributed by atoms with Gasteiger partial charge in [-0.1, -0.05) is 78.9 Å². The molecule has 0 aliphatic carbocycles. The van der Waals surface area contributed by atoms with Gasteiger partial charge in [-0.05, 0) is 99.4 Å². The lowest BCUT2D eigenvalue weighted by molar-refractivity contribution is 0.620. The number of hydrogen-bond donors (Lipinski definition) is 0. The zero-order valence-corrected chi connectivity index (χ0v) is 32.0. The first-order chi connectivity index (χ1) is 28.3. The highest BCUT2D eigenvalue weighted by atomic mass is 32.1. The van der Waals surface area contributed by atoms with Crippen LogP contribution in [0.3, 0.4) is 0 Å². The van der Waals surface area contributed by atoms with Gasteiger partial charge >= 0.3 is 0 Å². The molecule has 0 N–H and O–H groups in total. The van der Waals surface area contributed by atoms with Crippen LogP contribution in [-0.2, 0) is 0 Å².